The van der Waals surface area contributed by atoms with Crippen molar-refractivity contribution in [2.24, 2.45) is 0 Å². The number of para-hydroxylation sites is 2. The summed E-state index contributed by atoms with van der Waals surface area (Å²) in [4.78, 5) is 27.5. The highest BCUT2D eigenvalue weighted by molar-refractivity contribution is 7.99. The third kappa shape index (κ3) is 4.57. The molecule has 0 aliphatic carbocycles. The Morgan fingerprint density at radius 2 is 1.96 bits per heavy atom. The zero-order chi connectivity index (χ0) is 18.5. The van der Waals surface area contributed by atoms with E-state index in [1.165, 1.54) is 6.07 Å². The SMILES string of the molecule is O=C(COC(=O)CSc1nc2ccccc2o1)Nc1ccc(F)c(F)c1. The minimum Gasteiger partial charge on any atom is -0.455 e. The molecule has 9 heteroatoms. The lowest BCUT2D eigenvalue weighted by Gasteiger charge is -2.06. The average molecular weight is 378 g/mol. The smallest absolute Gasteiger partial charge is 0.316 e. The average Bonchev–Trinajstić information content (AvgIpc) is 3.04. The lowest BCUT2D eigenvalue weighted by atomic mass is 10.3. The van der Waals surface area contributed by atoms with Crippen molar-refractivity contribution in [2.75, 3.05) is 17.7 Å². The van der Waals surface area contributed by atoms with Crippen molar-refractivity contribution in [3.63, 3.8) is 0 Å². The molecule has 134 valence electrons. The predicted molar refractivity (Wildman–Crippen MR) is 90.7 cm³/mol. The zero-order valence-electron chi connectivity index (χ0n) is 13.2. The highest BCUT2D eigenvalue weighted by Gasteiger charge is 2.12. The van der Waals surface area contributed by atoms with Gasteiger partial charge in [0.25, 0.3) is 11.1 Å². The molecular weight excluding hydrogens is 366 g/mol. The Bertz CT molecular complexity index is 928. The van der Waals surface area contributed by atoms with Crippen LogP contribution in [0.15, 0.2) is 52.1 Å². The van der Waals surface area contributed by atoms with E-state index in [0.29, 0.717) is 16.3 Å². The van der Waals surface area contributed by atoms with Crippen LogP contribution in [0.1, 0.15) is 0 Å². The number of amides is 1. The lowest BCUT2D eigenvalue weighted by Crippen LogP contribution is -2.21. The summed E-state index contributed by atoms with van der Waals surface area (Å²) in [7, 11) is 0. The molecule has 26 heavy (non-hydrogen) atoms. The molecule has 1 heterocycles. The number of ether oxygens (including phenoxy) is 1. The van der Waals surface area contributed by atoms with Gasteiger partial charge in [0.15, 0.2) is 23.8 Å². The lowest BCUT2D eigenvalue weighted by molar-refractivity contribution is -0.144. The number of fused-ring (bicyclic) bond motifs is 1. The number of nitrogens with zero attached hydrogens (tertiary/aromatic N) is 1. The van der Waals surface area contributed by atoms with Gasteiger partial charge in [-0.2, -0.15) is 0 Å². The van der Waals surface area contributed by atoms with Gasteiger partial charge in [-0.15, -0.1) is 0 Å². The molecule has 1 amide bonds. The first-order valence-corrected chi connectivity index (χ1v) is 8.39. The summed E-state index contributed by atoms with van der Waals surface area (Å²) in [5.41, 5.74) is 1.34. The second-order valence-corrected chi connectivity index (χ2v) is 6.00. The standard InChI is InChI=1S/C17H12F2N2O4S/c18-11-6-5-10(7-12(11)19)20-15(22)8-24-16(23)9-26-17-21-13-3-1-2-4-14(13)25-17/h1-7H,8-9H2,(H,20,22). The number of hydrogen-bond acceptors (Lipinski definition) is 6. The molecule has 0 saturated carbocycles. The molecule has 0 saturated heterocycles. The Hall–Kier alpha value is -2.94. The fourth-order valence-electron chi connectivity index (χ4n) is 1.99. The predicted octanol–water partition coefficient (Wildman–Crippen LogP) is 3.38. The quantitative estimate of drug-likeness (QED) is 0.523. The van der Waals surface area contributed by atoms with Crippen LogP contribution < -0.4 is 5.32 Å². The molecule has 3 aromatic rings. The van der Waals surface area contributed by atoms with Crippen molar-refractivity contribution in [1.82, 2.24) is 4.98 Å². The van der Waals surface area contributed by atoms with Gasteiger partial charge in [-0.1, -0.05) is 23.9 Å². The first kappa shape index (κ1) is 17.9. The molecule has 1 N–H and O–H groups in total. The van der Waals surface area contributed by atoms with Gasteiger partial charge in [0.05, 0.1) is 0 Å². The molecule has 2 aromatic carbocycles. The van der Waals surface area contributed by atoms with Crippen molar-refractivity contribution < 1.29 is 27.5 Å². The van der Waals surface area contributed by atoms with E-state index in [0.717, 1.165) is 23.9 Å². The van der Waals surface area contributed by atoms with Crippen molar-refractivity contribution in [2.45, 2.75) is 5.22 Å². The van der Waals surface area contributed by atoms with Gasteiger partial charge in [-0.3, -0.25) is 9.59 Å². The summed E-state index contributed by atoms with van der Waals surface area (Å²) in [5.74, 6) is -3.51. The summed E-state index contributed by atoms with van der Waals surface area (Å²) in [5, 5.41) is 2.61. The van der Waals surface area contributed by atoms with Crippen LogP contribution in [0.4, 0.5) is 14.5 Å². The van der Waals surface area contributed by atoms with Crippen molar-refractivity contribution in [1.29, 1.82) is 0 Å². The molecular formula is C17H12F2N2O4S. The maximum Gasteiger partial charge on any atom is 0.316 e. The van der Waals surface area contributed by atoms with Gasteiger partial charge in [0.2, 0.25) is 0 Å². The van der Waals surface area contributed by atoms with E-state index in [1.807, 2.05) is 12.1 Å². The third-order valence-electron chi connectivity index (χ3n) is 3.16. The van der Waals surface area contributed by atoms with E-state index in [1.54, 1.807) is 12.1 Å². The third-order valence-corrected chi connectivity index (χ3v) is 3.96. The normalized spacial score (nSPS) is 10.7. The Morgan fingerprint density at radius 1 is 1.15 bits per heavy atom. The number of benzene rings is 2. The topological polar surface area (TPSA) is 81.4 Å². The summed E-state index contributed by atoms with van der Waals surface area (Å²) >= 11 is 1.04. The van der Waals surface area contributed by atoms with E-state index in [2.05, 4.69) is 10.3 Å². The number of thioether (sulfide) groups is 1. The Morgan fingerprint density at radius 3 is 2.73 bits per heavy atom. The number of anilines is 1. The Kier molecular flexibility index (Phi) is 5.47. The molecule has 1 aromatic heterocycles. The van der Waals surface area contributed by atoms with Gasteiger partial charge in [0.1, 0.15) is 11.3 Å². The van der Waals surface area contributed by atoms with Crippen LogP contribution in [0.2, 0.25) is 0 Å². The number of halogens is 2. The minimum absolute atomic E-state index is 0.0609. The largest absolute Gasteiger partial charge is 0.455 e. The molecule has 0 atom stereocenters. The molecule has 0 radical (unpaired) electrons. The molecule has 0 aliphatic heterocycles. The number of carbonyl (C=O) groups is 2. The number of nitrogens with one attached hydrogen (secondary N) is 1. The first-order chi connectivity index (χ1) is 12.5. The van der Waals surface area contributed by atoms with Crippen molar-refractivity contribution in [3.8, 4) is 0 Å². The van der Waals surface area contributed by atoms with Crippen LogP contribution in [0, 0.1) is 11.6 Å². The van der Waals surface area contributed by atoms with E-state index in [9.17, 15) is 18.4 Å². The summed E-state index contributed by atoms with van der Waals surface area (Å²) in [6.07, 6.45) is 0. The summed E-state index contributed by atoms with van der Waals surface area (Å²) in [6.45, 7) is -0.550. The summed E-state index contributed by atoms with van der Waals surface area (Å²) in [6, 6.07) is 10.1. The van der Waals surface area contributed by atoms with Crippen LogP contribution in [0.25, 0.3) is 11.1 Å². The number of esters is 1. The van der Waals surface area contributed by atoms with Crippen LogP contribution >= 0.6 is 11.8 Å². The molecule has 3 rings (SSSR count). The van der Waals surface area contributed by atoms with E-state index < -0.39 is 30.1 Å². The van der Waals surface area contributed by atoms with E-state index >= 15 is 0 Å². The van der Waals surface area contributed by atoms with Gasteiger partial charge in [-0.25, -0.2) is 13.8 Å². The number of hydrogen-bond donors (Lipinski definition) is 1. The zero-order valence-corrected chi connectivity index (χ0v) is 14.0. The fourth-order valence-corrected chi connectivity index (χ4v) is 2.63. The van der Waals surface area contributed by atoms with Crippen LogP contribution in [0.5, 0.6) is 0 Å². The maximum atomic E-state index is 13.1. The highest BCUT2D eigenvalue weighted by Crippen LogP contribution is 2.23. The van der Waals surface area contributed by atoms with Crippen LogP contribution in [-0.4, -0.2) is 29.2 Å². The monoisotopic (exact) mass is 378 g/mol. The van der Waals surface area contributed by atoms with E-state index in [-0.39, 0.29) is 11.4 Å². The molecule has 0 unspecified atom stereocenters. The number of carbonyl (C=O) groups excluding carboxylic acids is 2. The number of aromatic nitrogens is 1. The van der Waals surface area contributed by atoms with Gasteiger partial charge < -0.3 is 14.5 Å². The Balaban J connectivity index is 1.44. The second-order valence-electron chi connectivity index (χ2n) is 5.07. The second kappa shape index (κ2) is 7.96. The molecule has 0 aliphatic rings. The van der Waals surface area contributed by atoms with Crippen LogP contribution in [-0.2, 0) is 14.3 Å². The number of oxazole rings is 1. The Labute approximate surface area is 150 Å². The highest BCUT2D eigenvalue weighted by atomic mass is 32.2. The fraction of sp³-hybridized carbons (Fsp3) is 0.118. The van der Waals surface area contributed by atoms with E-state index in [4.69, 9.17) is 9.15 Å². The van der Waals surface area contributed by atoms with Crippen LogP contribution in [0.3, 0.4) is 0 Å². The molecule has 0 spiro atoms. The maximum absolute atomic E-state index is 13.1. The van der Waals surface area contributed by atoms with Crippen molar-refractivity contribution >= 4 is 40.4 Å². The summed E-state index contributed by atoms with van der Waals surface area (Å²) < 4.78 is 36.1. The molecule has 0 bridgehead atoms. The minimum atomic E-state index is -1.09. The molecule has 6 nitrogen and oxygen atoms in total. The molecule has 0 fully saturated rings. The van der Waals surface area contributed by atoms with Gasteiger partial charge in [-0.05, 0) is 24.3 Å². The van der Waals surface area contributed by atoms with Gasteiger partial charge in [0, 0.05) is 11.8 Å². The first-order valence-electron chi connectivity index (χ1n) is 7.40. The van der Waals surface area contributed by atoms with Crippen molar-refractivity contribution in [3.05, 3.63) is 54.1 Å². The number of rotatable bonds is 6. The van der Waals surface area contributed by atoms with Gasteiger partial charge >= 0.3 is 5.97 Å².